The normalized spacial score (nSPS) is 12.3. The maximum atomic E-state index is 14.1. The molecule has 4 atom stereocenters. The van der Waals surface area contributed by atoms with E-state index >= 15 is 0 Å². The van der Waals surface area contributed by atoms with Crippen LogP contribution in [0.4, 0.5) is 22.7 Å². The van der Waals surface area contributed by atoms with Crippen molar-refractivity contribution < 1.29 is 57.3 Å². The molecular weight excluding hydrogens is 997 g/mol. The van der Waals surface area contributed by atoms with Crippen LogP contribution in [0, 0.1) is 0 Å². The molecule has 77 heavy (non-hydrogen) atoms. The Morgan fingerprint density at radius 1 is 0.429 bits per heavy atom. The van der Waals surface area contributed by atoms with Crippen LogP contribution in [-0.4, -0.2) is 119 Å². The van der Waals surface area contributed by atoms with Crippen molar-refractivity contribution in [3.8, 4) is 23.0 Å². The quantitative estimate of drug-likeness (QED) is 0.0322. The number of ether oxygens (including phenoxy) is 4. The lowest BCUT2D eigenvalue weighted by Crippen LogP contribution is -2.44. The highest BCUT2D eigenvalue weighted by Crippen LogP contribution is 2.28. The number of rotatable bonds is 31. The predicted octanol–water partition coefficient (Wildman–Crippen LogP) is 2.70. The molecule has 24 heteroatoms. The summed E-state index contributed by atoms with van der Waals surface area (Å²) >= 11 is 0. The SMILES string of the molecule is COc1ccc(NC(=O)[C@H](CCCCN)NC(=O)c2cc(NC(=O)[C@H](CCCCN)NC(=O)c3cc(NC(=O)[C@H](C)NC(=O)c4cc(NC(=O)[C@@H](N)CCCCN)ccc4OC)ccc3OC)ccc2OC)cc1C(N)=O. The summed E-state index contributed by atoms with van der Waals surface area (Å²) < 4.78 is 21.5. The molecule has 0 aliphatic heterocycles. The average Bonchev–Trinajstić information content (AvgIpc) is 3.42. The minimum atomic E-state index is -1.16. The molecule has 4 rings (SSSR count). The number of primary amides is 1. The Morgan fingerprint density at radius 3 is 1.09 bits per heavy atom. The maximum absolute atomic E-state index is 14.1. The molecule has 0 saturated carbocycles. The Labute approximate surface area is 446 Å². The van der Waals surface area contributed by atoms with Crippen molar-refractivity contribution in [2.75, 3.05) is 69.3 Å². The summed E-state index contributed by atoms with van der Waals surface area (Å²) in [5.74, 6) is -4.66. The Kier molecular flexibility index (Phi) is 24.6. The van der Waals surface area contributed by atoms with E-state index in [0.717, 1.165) is 6.42 Å². The molecule has 24 nitrogen and oxygen atoms in total. The van der Waals surface area contributed by atoms with Gasteiger partial charge in [0.05, 0.1) is 56.7 Å². The third kappa shape index (κ3) is 18.2. The van der Waals surface area contributed by atoms with E-state index in [4.69, 9.17) is 47.6 Å². The molecule has 0 aliphatic rings. The van der Waals surface area contributed by atoms with Gasteiger partial charge in [-0.25, -0.2) is 0 Å². The number of carbonyl (C=O) groups is 8. The molecule has 0 heterocycles. The van der Waals surface area contributed by atoms with Crippen LogP contribution in [0.2, 0.25) is 0 Å². The summed E-state index contributed by atoms with van der Waals surface area (Å²) in [7, 11) is 5.43. The molecule has 4 aromatic rings. The number of hydrogen-bond donors (Lipinski definition) is 12. The van der Waals surface area contributed by atoms with Gasteiger partial charge in [-0.15, -0.1) is 0 Å². The number of nitrogens with one attached hydrogen (secondary N) is 7. The third-order valence-electron chi connectivity index (χ3n) is 12.1. The van der Waals surface area contributed by atoms with Crippen LogP contribution in [0.1, 0.15) is 106 Å². The summed E-state index contributed by atoms with van der Waals surface area (Å²) in [6.45, 7) is 2.59. The number of hydrogen-bond acceptors (Lipinski definition) is 16. The lowest BCUT2D eigenvalue weighted by Gasteiger charge is -2.21. The van der Waals surface area contributed by atoms with Crippen molar-refractivity contribution in [1.82, 2.24) is 16.0 Å². The molecule has 8 amide bonds. The zero-order valence-corrected chi connectivity index (χ0v) is 44.0. The largest absolute Gasteiger partial charge is 0.496 e. The first-order valence-corrected chi connectivity index (χ1v) is 25.0. The molecule has 0 fully saturated rings. The van der Waals surface area contributed by atoms with E-state index in [1.54, 1.807) is 6.07 Å². The number of amides is 8. The number of carbonyl (C=O) groups excluding carboxylic acids is 8. The van der Waals surface area contributed by atoms with Gasteiger partial charge in [0.1, 0.15) is 41.1 Å². The molecule has 17 N–H and O–H groups in total. The average molecular weight is 1070 g/mol. The molecule has 0 spiro atoms. The molecule has 0 aliphatic carbocycles. The summed E-state index contributed by atoms with van der Waals surface area (Å²) in [6.07, 6.45) is 4.14. The predicted molar refractivity (Wildman–Crippen MR) is 291 cm³/mol. The Balaban J connectivity index is 1.50. The highest BCUT2D eigenvalue weighted by Gasteiger charge is 2.28. The molecule has 0 bridgehead atoms. The topological polar surface area (TPSA) is 388 Å². The van der Waals surface area contributed by atoms with Gasteiger partial charge in [-0.1, -0.05) is 6.42 Å². The number of benzene rings is 4. The second-order valence-corrected chi connectivity index (χ2v) is 17.7. The van der Waals surface area contributed by atoms with Crippen molar-refractivity contribution in [1.29, 1.82) is 0 Å². The van der Waals surface area contributed by atoms with Crippen LogP contribution in [-0.2, 0) is 19.2 Å². The van der Waals surface area contributed by atoms with Crippen LogP contribution in [0.25, 0.3) is 0 Å². The van der Waals surface area contributed by atoms with Gasteiger partial charge in [-0.3, -0.25) is 38.4 Å². The van der Waals surface area contributed by atoms with Crippen LogP contribution >= 0.6 is 0 Å². The lowest BCUT2D eigenvalue weighted by atomic mass is 10.1. The molecule has 0 aromatic heterocycles. The van der Waals surface area contributed by atoms with Crippen LogP contribution in [0.15, 0.2) is 72.8 Å². The summed E-state index contributed by atoms with van der Waals surface area (Å²) in [5.41, 5.74) is 29.4. The van der Waals surface area contributed by atoms with Gasteiger partial charge in [0.25, 0.3) is 23.6 Å². The Hall–Kier alpha value is -8.32. The summed E-state index contributed by atoms with van der Waals surface area (Å²) in [4.78, 5) is 108. The van der Waals surface area contributed by atoms with Gasteiger partial charge < -0.3 is 84.8 Å². The van der Waals surface area contributed by atoms with Gasteiger partial charge in [0, 0.05) is 22.7 Å². The highest BCUT2D eigenvalue weighted by molar-refractivity contribution is 6.07. The number of anilines is 4. The number of unbranched alkanes of at least 4 members (excludes halogenated alkanes) is 3. The van der Waals surface area contributed by atoms with E-state index in [1.165, 1.54) is 102 Å². The first kappa shape index (κ1) is 61.2. The van der Waals surface area contributed by atoms with Crippen LogP contribution < -0.4 is 84.8 Å². The minimum absolute atomic E-state index is 0.0306. The molecule has 4 aromatic carbocycles. The number of methoxy groups -OCH3 is 4. The highest BCUT2D eigenvalue weighted by atomic mass is 16.5. The summed E-state index contributed by atoms with van der Waals surface area (Å²) in [6, 6.07) is 13.2. The fourth-order valence-corrected chi connectivity index (χ4v) is 7.79. The van der Waals surface area contributed by atoms with Gasteiger partial charge in [-0.05, 0) is 151 Å². The van der Waals surface area contributed by atoms with E-state index in [9.17, 15) is 38.4 Å². The van der Waals surface area contributed by atoms with Crippen molar-refractivity contribution in [3.05, 3.63) is 95.1 Å². The van der Waals surface area contributed by atoms with E-state index in [-0.39, 0.29) is 80.8 Å². The molecule has 416 valence electrons. The lowest BCUT2D eigenvalue weighted by molar-refractivity contribution is -0.118. The number of nitrogens with two attached hydrogens (primary N) is 5. The third-order valence-corrected chi connectivity index (χ3v) is 12.1. The zero-order valence-electron chi connectivity index (χ0n) is 44.0. The van der Waals surface area contributed by atoms with E-state index in [0.29, 0.717) is 58.2 Å². The van der Waals surface area contributed by atoms with Crippen molar-refractivity contribution in [3.63, 3.8) is 0 Å². The van der Waals surface area contributed by atoms with E-state index in [1.807, 2.05) is 0 Å². The first-order chi connectivity index (χ1) is 36.9. The smallest absolute Gasteiger partial charge is 0.255 e. The van der Waals surface area contributed by atoms with Crippen LogP contribution in [0.3, 0.4) is 0 Å². The van der Waals surface area contributed by atoms with Crippen LogP contribution in [0.5, 0.6) is 23.0 Å². The monoisotopic (exact) mass is 1070 g/mol. The first-order valence-electron chi connectivity index (χ1n) is 25.0. The fourth-order valence-electron chi connectivity index (χ4n) is 7.79. The second-order valence-electron chi connectivity index (χ2n) is 17.7. The Bertz CT molecular complexity index is 2720. The summed E-state index contributed by atoms with van der Waals surface area (Å²) in [5, 5.41) is 19.0. The zero-order chi connectivity index (χ0) is 56.6. The maximum Gasteiger partial charge on any atom is 0.255 e. The van der Waals surface area contributed by atoms with Gasteiger partial charge in [-0.2, -0.15) is 0 Å². The van der Waals surface area contributed by atoms with E-state index in [2.05, 4.69) is 37.2 Å². The second kappa shape index (κ2) is 30.9. The van der Waals surface area contributed by atoms with Crippen molar-refractivity contribution in [2.45, 2.75) is 88.9 Å². The van der Waals surface area contributed by atoms with E-state index < -0.39 is 71.4 Å². The standard InChI is InChI=1S/C53H72N12O12/c1-30(59-48(68)36-28-33(17-21-43(36)75-3)61-51(71)39(57)12-6-9-23-54)47(67)60-32-16-20-44(76-4)37(27-32)49(69)65-41(14-8-11-25-56)53(73)63-34-18-22-45(77-5)38(29-34)50(70)64-40(13-7-10-24-55)52(72)62-31-15-19-42(74-2)35(26-31)46(58)66/h15-22,26-30,39-41H,6-14,23-25,54-57H2,1-5H3,(H2,58,66)(H,59,68)(H,60,67)(H,61,71)(H,62,72)(H,63,73)(H,64,70)(H,65,69)/t30-,39-,40-,41-/m0/s1. The molecule has 0 saturated heterocycles. The minimum Gasteiger partial charge on any atom is -0.496 e. The van der Waals surface area contributed by atoms with Gasteiger partial charge >= 0.3 is 0 Å². The van der Waals surface area contributed by atoms with Crippen molar-refractivity contribution in [2.24, 2.45) is 28.7 Å². The molecule has 0 radical (unpaired) electrons. The Morgan fingerprint density at radius 2 is 0.740 bits per heavy atom. The fraction of sp³-hybridized carbons (Fsp3) is 0.396. The molecule has 0 unspecified atom stereocenters. The van der Waals surface area contributed by atoms with Gasteiger partial charge in [0.2, 0.25) is 23.6 Å². The molecular formula is C53H72N12O12. The van der Waals surface area contributed by atoms with Gasteiger partial charge in [0.15, 0.2) is 0 Å². The van der Waals surface area contributed by atoms with Crippen molar-refractivity contribution >= 4 is 70.0 Å².